The molecule has 318 valence electrons. The van der Waals surface area contributed by atoms with E-state index in [1.807, 2.05) is 62.5 Å². The second-order valence-corrected chi connectivity index (χ2v) is 23.7. The molecule has 2 aromatic heterocycles. The van der Waals surface area contributed by atoms with E-state index in [-0.39, 0.29) is 23.2 Å². The SMILES string of the molecule is CC(C)(CO[Si](c1ccccc1)(c1ccccc1)C(C)(C)C)Cc1c(-c2ccnc(N3CCN(C(=O)OCc4ccccc4)CC3)c2)n(C(C)(C)C(N)=O)c2ccc(Br)cc12. The molecule has 0 saturated carbocycles. The number of amides is 2. The van der Waals surface area contributed by atoms with Crippen LogP contribution < -0.4 is 21.0 Å². The third-order valence-electron chi connectivity index (χ3n) is 12.0. The summed E-state index contributed by atoms with van der Waals surface area (Å²) in [6, 6.07) is 41.6. The number of rotatable bonds is 13. The highest BCUT2D eigenvalue weighted by atomic mass is 79.9. The van der Waals surface area contributed by atoms with Crippen LogP contribution in [0.5, 0.6) is 0 Å². The number of halogens is 1. The first kappa shape index (κ1) is 43.8. The van der Waals surface area contributed by atoms with Crippen molar-refractivity contribution in [2.24, 2.45) is 11.1 Å². The Labute approximate surface area is 370 Å². The summed E-state index contributed by atoms with van der Waals surface area (Å²) in [5.41, 5.74) is 9.62. The van der Waals surface area contributed by atoms with Gasteiger partial charge >= 0.3 is 6.09 Å². The fourth-order valence-corrected chi connectivity index (χ4v) is 13.9. The van der Waals surface area contributed by atoms with Crippen LogP contribution >= 0.6 is 15.9 Å². The van der Waals surface area contributed by atoms with Crippen molar-refractivity contribution in [1.82, 2.24) is 14.5 Å². The molecular weight excluding hydrogens is 843 g/mol. The smallest absolute Gasteiger partial charge is 0.410 e. The first-order valence-corrected chi connectivity index (χ1v) is 23.8. The van der Waals surface area contributed by atoms with Crippen LogP contribution in [0.4, 0.5) is 10.6 Å². The van der Waals surface area contributed by atoms with Crippen molar-refractivity contribution in [3.63, 3.8) is 0 Å². The zero-order valence-electron chi connectivity index (χ0n) is 36.5. The molecule has 0 atom stereocenters. The van der Waals surface area contributed by atoms with Crippen molar-refractivity contribution in [3.8, 4) is 11.3 Å². The third-order valence-corrected chi connectivity index (χ3v) is 17.5. The van der Waals surface area contributed by atoms with Gasteiger partial charge in [0.05, 0.1) is 5.69 Å². The molecule has 0 unspecified atom stereocenters. The second kappa shape index (κ2) is 17.6. The number of anilines is 1. The Balaban J connectivity index is 1.25. The largest absolute Gasteiger partial charge is 0.445 e. The predicted molar refractivity (Wildman–Crippen MR) is 253 cm³/mol. The van der Waals surface area contributed by atoms with Gasteiger partial charge in [-0.2, -0.15) is 0 Å². The minimum absolute atomic E-state index is 0.176. The van der Waals surface area contributed by atoms with E-state index in [1.165, 1.54) is 10.4 Å². The van der Waals surface area contributed by atoms with Crippen molar-refractivity contribution >= 4 is 63.3 Å². The van der Waals surface area contributed by atoms with Crippen molar-refractivity contribution in [1.29, 1.82) is 0 Å². The Hall–Kier alpha value is -5.23. The molecule has 0 radical (unpaired) electrons. The number of ether oxygens (including phenoxy) is 1. The van der Waals surface area contributed by atoms with Gasteiger partial charge in [-0.1, -0.05) is 142 Å². The van der Waals surface area contributed by atoms with Crippen molar-refractivity contribution in [2.45, 2.75) is 72.1 Å². The van der Waals surface area contributed by atoms with Gasteiger partial charge < -0.3 is 29.3 Å². The summed E-state index contributed by atoms with van der Waals surface area (Å²) in [5.74, 6) is 0.365. The number of benzene rings is 4. The van der Waals surface area contributed by atoms with E-state index in [1.54, 1.807) is 4.90 Å². The molecule has 0 spiro atoms. The van der Waals surface area contributed by atoms with Crippen molar-refractivity contribution < 1.29 is 18.8 Å². The van der Waals surface area contributed by atoms with Gasteiger partial charge in [-0.15, -0.1) is 0 Å². The summed E-state index contributed by atoms with van der Waals surface area (Å²) in [6.45, 7) is 18.2. The number of nitrogens with two attached hydrogens (primary N) is 1. The number of carbonyl (C=O) groups excluding carboxylic acids is 2. The maximum Gasteiger partial charge on any atom is 0.410 e. The molecule has 4 aromatic carbocycles. The first-order chi connectivity index (χ1) is 29.0. The molecule has 11 heteroatoms. The van der Waals surface area contributed by atoms with E-state index >= 15 is 0 Å². The van der Waals surface area contributed by atoms with Crippen LogP contribution in [-0.2, 0) is 32.5 Å². The van der Waals surface area contributed by atoms with Gasteiger partial charge in [0.2, 0.25) is 5.91 Å². The van der Waals surface area contributed by atoms with E-state index in [0.29, 0.717) is 39.2 Å². The number of fused-ring (bicyclic) bond motifs is 1. The predicted octanol–water partition coefficient (Wildman–Crippen LogP) is 9.29. The molecule has 7 rings (SSSR count). The van der Waals surface area contributed by atoms with Crippen LogP contribution in [0.15, 0.2) is 132 Å². The highest BCUT2D eigenvalue weighted by Gasteiger charge is 2.51. The van der Waals surface area contributed by atoms with Gasteiger partial charge in [-0.3, -0.25) is 4.79 Å². The normalized spacial score (nSPS) is 14.0. The van der Waals surface area contributed by atoms with Crippen molar-refractivity contribution in [3.05, 3.63) is 143 Å². The fourth-order valence-electron chi connectivity index (χ4n) is 8.76. The molecule has 1 aliphatic rings. The van der Waals surface area contributed by atoms with E-state index in [9.17, 15) is 9.59 Å². The molecule has 6 aromatic rings. The summed E-state index contributed by atoms with van der Waals surface area (Å²) in [6.07, 6.45) is 2.17. The van der Waals surface area contributed by atoms with Crippen LogP contribution in [0, 0.1) is 5.41 Å². The summed E-state index contributed by atoms with van der Waals surface area (Å²) in [5, 5.41) is 3.34. The second-order valence-electron chi connectivity index (χ2n) is 18.5. The number of aromatic nitrogens is 2. The van der Waals surface area contributed by atoms with Crippen LogP contribution in [0.25, 0.3) is 22.2 Å². The van der Waals surface area contributed by atoms with E-state index < -0.39 is 19.8 Å². The lowest BCUT2D eigenvalue weighted by Gasteiger charge is -2.44. The molecule has 3 heterocycles. The van der Waals surface area contributed by atoms with Gasteiger partial charge in [0.1, 0.15) is 18.0 Å². The molecule has 2 amide bonds. The highest BCUT2D eigenvalue weighted by molar-refractivity contribution is 9.10. The van der Waals surface area contributed by atoms with Crippen molar-refractivity contribution in [2.75, 3.05) is 37.7 Å². The van der Waals surface area contributed by atoms with Gasteiger partial charge in [-0.25, -0.2) is 9.78 Å². The molecule has 1 aliphatic heterocycles. The summed E-state index contributed by atoms with van der Waals surface area (Å²) in [7, 11) is -2.84. The molecule has 2 N–H and O–H groups in total. The molecular formula is C50H58BrN5O4Si. The number of hydrogen-bond acceptors (Lipinski definition) is 6. The standard InChI is InChI=1S/C50H58BrN5O4Si/c1-48(2,3)61(39-19-13-9-14-20-39,40-21-15-10-16-22-40)60-35-49(4,5)33-42-41-32-38(51)23-24-43(41)56(50(6,7)46(52)57)45(42)37-25-26-53-44(31-37)54-27-29-55(30-28-54)47(58)59-34-36-17-11-8-12-18-36/h8-26,31-32H,27-30,33-35H2,1-7H3,(H2,52,57). The molecule has 0 bridgehead atoms. The highest BCUT2D eigenvalue weighted by Crippen LogP contribution is 2.44. The maximum absolute atomic E-state index is 13.4. The monoisotopic (exact) mass is 899 g/mol. The molecule has 61 heavy (non-hydrogen) atoms. The van der Waals surface area contributed by atoms with E-state index in [4.69, 9.17) is 19.9 Å². The number of primary amides is 1. The minimum atomic E-state index is -2.84. The molecule has 1 fully saturated rings. The molecule has 0 aliphatic carbocycles. The maximum atomic E-state index is 13.4. The Morgan fingerprint density at radius 2 is 1.36 bits per heavy atom. The lowest BCUT2D eigenvalue weighted by molar-refractivity contribution is -0.124. The topological polar surface area (TPSA) is 103 Å². The number of piperazine rings is 1. The summed E-state index contributed by atoms with van der Waals surface area (Å²) in [4.78, 5) is 35.2. The summed E-state index contributed by atoms with van der Waals surface area (Å²) < 4.78 is 16.3. The van der Waals surface area contributed by atoms with Crippen LogP contribution in [-0.4, -0.2) is 67.6 Å². The number of pyridine rings is 1. The quantitative estimate of drug-likeness (QED) is 0.116. The van der Waals surface area contributed by atoms with Gasteiger partial charge in [0.15, 0.2) is 0 Å². The molecule has 9 nitrogen and oxygen atoms in total. The third kappa shape index (κ3) is 9.06. The number of hydrogen-bond donors (Lipinski definition) is 1. The van der Waals surface area contributed by atoms with Gasteiger partial charge in [-0.05, 0) is 82.6 Å². The van der Waals surface area contributed by atoms with Crippen LogP contribution in [0.2, 0.25) is 5.04 Å². The summed E-state index contributed by atoms with van der Waals surface area (Å²) >= 11 is 3.77. The first-order valence-electron chi connectivity index (χ1n) is 21.1. The Kier molecular flexibility index (Phi) is 12.7. The van der Waals surface area contributed by atoms with E-state index in [0.717, 1.165) is 43.6 Å². The van der Waals surface area contributed by atoms with Gasteiger partial charge in [0.25, 0.3) is 8.32 Å². The van der Waals surface area contributed by atoms with E-state index in [2.05, 4.69) is 139 Å². The number of nitrogens with zero attached hydrogens (tertiary/aromatic N) is 4. The Morgan fingerprint density at radius 1 is 0.770 bits per heavy atom. The Morgan fingerprint density at radius 3 is 1.93 bits per heavy atom. The van der Waals surface area contributed by atoms with Crippen LogP contribution in [0.3, 0.4) is 0 Å². The molecule has 1 saturated heterocycles. The van der Waals surface area contributed by atoms with Gasteiger partial charge in [0, 0.05) is 59.9 Å². The minimum Gasteiger partial charge on any atom is -0.445 e. The lowest BCUT2D eigenvalue weighted by atomic mass is 9.84. The van der Waals surface area contributed by atoms with Crippen LogP contribution in [0.1, 0.15) is 59.6 Å². The average Bonchev–Trinajstić information content (AvgIpc) is 3.56. The zero-order valence-corrected chi connectivity index (χ0v) is 39.0. The Bertz CT molecular complexity index is 2440. The fraction of sp³-hybridized carbons (Fsp3) is 0.340. The zero-order chi connectivity index (χ0) is 43.6. The number of carbonyl (C=O) groups is 2. The average molecular weight is 901 g/mol. The lowest BCUT2D eigenvalue weighted by Crippen LogP contribution is -2.67.